The Morgan fingerprint density at radius 1 is 0.978 bits per heavy atom. The Hall–Kier alpha value is -3.24. The van der Waals surface area contributed by atoms with E-state index in [1.807, 2.05) is 42.1 Å². The molecule has 1 aliphatic rings. The van der Waals surface area contributed by atoms with Crippen LogP contribution in [0.4, 0.5) is 0 Å². The second-order valence-corrected chi connectivity index (χ2v) is 18.7. The molecular formula is C37H51N3O5Si. The summed E-state index contributed by atoms with van der Waals surface area (Å²) in [6.45, 7) is 17.8. The molecule has 3 heterocycles. The Kier molecular flexibility index (Phi) is 11.2. The van der Waals surface area contributed by atoms with Crippen molar-refractivity contribution in [1.82, 2.24) is 14.8 Å². The van der Waals surface area contributed by atoms with Gasteiger partial charge in [0, 0.05) is 30.4 Å². The molecule has 5 rings (SSSR count). The first-order valence-electron chi connectivity index (χ1n) is 16.7. The van der Waals surface area contributed by atoms with Gasteiger partial charge in [0.2, 0.25) is 8.32 Å². The Balaban J connectivity index is 1.26. The number of ether oxygens (including phenoxy) is 4. The maximum absolute atomic E-state index is 6.70. The number of rotatable bonds is 14. The molecule has 248 valence electrons. The van der Waals surface area contributed by atoms with E-state index in [4.69, 9.17) is 28.5 Å². The van der Waals surface area contributed by atoms with Gasteiger partial charge in [0.05, 0.1) is 31.0 Å². The predicted octanol–water partition coefficient (Wildman–Crippen LogP) is 8.96. The van der Waals surface area contributed by atoms with Gasteiger partial charge in [-0.1, -0.05) is 51.1 Å². The van der Waals surface area contributed by atoms with E-state index in [2.05, 4.69) is 76.1 Å². The van der Waals surface area contributed by atoms with Crippen LogP contribution in [0.5, 0.6) is 11.5 Å². The lowest BCUT2D eigenvalue weighted by Crippen LogP contribution is -2.43. The van der Waals surface area contributed by atoms with Gasteiger partial charge in [-0.25, -0.2) is 4.68 Å². The van der Waals surface area contributed by atoms with E-state index in [1.54, 1.807) is 6.20 Å². The average Bonchev–Trinajstić information content (AvgIpc) is 3.41. The standard InChI is InChI=1S/C37H51N3O5Si/c1-27(43-26-29-13-9-8-10-14-29)18-20-41-25-28(2)44-32-21-30(23-38-24-32)36-33-22-31(45-46(6,7)37(3,4)5)16-17-34(33)40(39-36)35-15-11-12-19-42-35/h8-10,13-14,16-17,21-24,27-28,35H,11-12,15,18-20,25-26H2,1-7H3. The molecule has 0 aliphatic carbocycles. The lowest BCUT2D eigenvalue weighted by molar-refractivity contribution is -0.0365. The maximum atomic E-state index is 6.70. The van der Waals surface area contributed by atoms with Crippen molar-refractivity contribution in [2.24, 2.45) is 0 Å². The van der Waals surface area contributed by atoms with Gasteiger partial charge < -0.3 is 23.4 Å². The zero-order chi connectivity index (χ0) is 32.7. The van der Waals surface area contributed by atoms with Crippen molar-refractivity contribution < 1.29 is 23.4 Å². The van der Waals surface area contributed by atoms with Gasteiger partial charge >= 0.3 is 0 Å². The number of hydrogen-bond donors (Lipinski definition) is 0. The highest BCUT2D eigenvalue weighted by atomic mass is 28.4. The first-order valence-corrected chi connectivity index (χ1v) is 19.6. The Labute approximate surface area is 275 Å². The van der Waals surface area contributed by atoms with Gasteiger partial charge in [-0.15, -0.1) is 0 Å². The van der Waals surface area contributed by atoms with Crippen molar-refractivity contribution in [2.75, 3.05) is 19.8 Å². The minimum atomic E-state index is -2.02. The molecule has 1 saturated heterocycles. The summed E-state index contributed by atoms with van der Waals surface area (Å²) in [6, 6.07) is 18.6. The third-order valence-corrected chi connectivity index (χ3v) is 13.4. The molecule has 0 spiro atoms. The second-order valence-electron chi connectivity index (χ2n) is 14.0. The van der Waals surface area contributed by atoms with Crippen molar-refractivity contribution in [2.45, 2.75) is 103 Å². The van der Waals surface area contributed by atoms with Crippen LogP contribution < -0.4 is 9.16 Å². The zero-order valence-electron chi connectivity index (χ0n) is 28.6. The van der Waals surface area contributed by atoms with Crippen LogP contribution >= 0.6 is 0 Å². The number of aromatic nitrogens is 3. The molecular weight excluding hydrogens is 595 g/mol. The monoisotopic (exact) mass is 645 g/mol. The number of hydrogen-bond acceptors (Lipinski definition) is 7. The summed E-state index contributed by atoms with van der Waals surface area (Å²) < 4.78 is 33.1. The highest BCUT2D eigenvalue weighted by molar-refractivity contribution is 6.74. The average molecular weight is 646 g/mol. The fraction of sp³-hybridized carbons (Fsp3) is 0.514. The lowest BCUT2D eigenvalue weighted by atomic mass is 10.1. The number of fused-ring (bicyclic) bond motifs is 1. The molecule has 1 aliphatic heterocycles. The fourth-order valence-corrected chi connectivity index (χ4v) is 6.28. The minimum Gasteiger partial charge on any atom is -0.543 e. The van der Waals surface area contributed by atoms with Gasteiger partial charge in [0.25, 0.3) is 0 Å². The van der Waals surface area contributed by atoms with Crippen molar-refractivity contribution >= 4 is 19.2 Å². The summed E-state index contributed by atoms with van der Waals surface area (Å²) in [5.41, 5.74) is 3.94. The molecule has 0 N–H and O–H groups in total. The molecule has 2 aromatic heterocycles. The highest BCUT2D eigenvalue weighted by Crippen LogP contribution is 2.40. The van der Waals surface area contributed by atoms with Crippen molar-refractivity contribution in [3.8, 4) is 22.8 Å². The van der Waals surface area contributed by atoms with E-state index in [9.17, 15) is 0 Å². The van der Waals surface area contributed by atoms with Crippen LogP contribution in [0.3, 0.4) is 0 Å². The first kappa shape index (κ1) is 34.1. The van der Waals surface area contributed by atoms with Gasteiger partial charge in [-0.2, -0.15) is 5.10 Å². The van der Waals surface area contributed by atoms with Crippen LogP contribution in [0.2, 0.25) is 18.1 Å². The molecule has 46 heavy (non-hydrogen) atoms. The maximum Gasteiger partial charge on any atom is 0.250 e. The second kappa shape index (κ2) is 15.1. The fourth-order valence-electron chi connectivity index (χ4n) is 5.25. The Morgan fingerprint density at radius 2 is 1.78 bits per heavy atom. The third kappa shape index (κ3) is 8.76. The zero-order valence-corrected chi connectivity index (χ0v) is 29.6. The molecule has 0 amide bonds. The molecule has 1 fully saturated rings. The summed E-state index contributed by atoms with van der Waals surface area (Å²) in [5.74, 6) is 1.55. The molecule has 4 aromatic rings. The summed E-state index contributed by atoms with van der Waals surface area (Å²) in [7, 11) is -2.02. The molecule has 0 bridgehead atoms. The summed E-state index contributed by atoms with van der Waals surface area (Å²) in [5, 5.41) is 6.23. The molecule has 0 radical (unpaired) electrons. The molecule has 3 unspecified atom stereocenters. The molecule has 9 heteroatoms. The molecule has 0 saturated carbocycles. The summed E-state index contributed by atoms with van der Waals surface area (Å²) >= 11 is 0. The number of pyridine rings is 1. The topological polar surface area (TPSA) is 76.9 Å². The van der Waals surface area contributed by atoms with Crippen molar-refractivity contribution in [3.05, 3.63) is 72.6 Å². The Bertz CT molecular complexity index is 1550. The van der Waals surface area contributed by atoms with Crippen LogP contribution in [0.15, 0.2) is 67.0 Å². The highest BCUT2D eigenvalue weighted by Gasteiger charge is 2.39. The van der Waals surface area contributed by atoms with E-state index in [1.165, 1.54) is 5.56 Å². The predicted molar refractivity (Wildman–Crippen MR) is 186 cm³/mol. The molecule has 2 aromatic carbocycles. The van der Waals surface area contributed by atoms with Crippen LogP contribution in [-0.4, -0.2) is 55.1 Å². The first-order chi connectivity index (χ1) is 22.0. The van der Waals surface area contributed by atoms with Gasteiger partial charge in [-0.05, 0) is 87.5 Å². The SMILES string of the molecule is CC(CCOCC(C)Oc1cncc(-c2nn(C3CCCCO3)c3ccc(O[Si](C)(C)C(C)(C)C)cc23)c1)OCc1ccccc1. The van der Waals surface area contributed by atoms with Crippen LogP contribution in [0.1, 0.15) is 72.1 Å². The molecule has 3 atom stereocenters. The van der Waals surface area contributed by atoms with Crippen LogP contribution in [0.25, 0.3) is 22.2 Å². The lowest BCUT2D eigenvalue weighted by Gasteiger charge is -2.36. The number of benzene rings is 2. The smallest absolute Gasteiger partial charge is 0.250 e. The van der Waals surface area contributed by atoms with Crippen molar-refractivity contribution in [3.63, 3.8) is 0 Å². The van der Waals surface area contributed by atoms with E-state index in [0.29, 0.717) is 25.6 Å². The van der Waals surface area contributed by atoms with Crippen molar-refractivity contribution in [1.29, 1.82) is 0 Å². The van der Waals surface area contributed by atoms with E-state index in [0.717, 1.165) is 60.2 Å². The van der Waals surface area contributed by atoms with E-state index < -0.39 is 8.32 Å². The van der Waals surface area contributed by atoms with Crippen LogP contribution in [-0.2, 0) is 20.8 Å². The Morgan fingerprint density at radius 3 is 2.52 bits per heavy atom. The van der Waals surface area contributed by atoms with E-state index >= 15 is 0 Å². The summed E-state index contributed by atoms with van der Waals surface area (Å²) in [6.07, 6.45) is 7.43. The normalized spacial score (nSPS) is 17.2. The largest absolute Gasteiger partial charge is 0.543 e. The minimum absolute atomic E-state index is 0.0896. The van der Waals surface area contributed by atoms with E-state index in [-0.39, 0.29) is 23.5 Å². The third-order valence-electron chi connectivity index (χ3n) is 9.01. The van der Waals surface area contributed by atoms with Gasteiger partial charge in [0.1, 0.15) is 23.3 Å². The van der Waals surface area contributed by atoms with Crippen LogP contribution in [0, 0.1) is 0 Å². The van der Waals surface area contributed by atoms with Gasteiger partial charge in [-0.3, -0.25) is 4.98 Å². The quantitative estimate of drug-likeness (QED) is 0.100. The van der Waals surface area contributed by atoms with Gasteiger partial charge in [0.15, 0.2) is 6.23 Å². The molecule has 8 nitrogen and oxygen atoms in total. The number of nitrogens with zero attached hydrogens (tertiary/aromatic N) is 3. The summed E-state index contributed by atoms with van der Waals surface area (Å²) in [4.78, 5) is 4.53.